The van der Waals surface area contributed by atoms with Crippen molar-refractivity contribution in [3.63, 3.8) is 0 Å². The van der Waals surface area contributed by atoms with Gasteiger partial charge in [-0.15, -0.1) is 0 Å². The van der Waals surface area contributed by atoms with Gasteiger partial charge >= 0.3 is 0 Å². The van der Waals surface area contributed by atoms with E-state index < -0.39 is 11.9 Å². The maximum atomic E-state index is 12.2. The molecule has 1 heterocycles. The summed E-state index contributed by atoms with van der Waals surface area (Å²) in [6.07, 6.45) is 0.552. The molecule has 2 atom stereocenters. The monoisotopic (exact) mass is 367 g/mol. The Morgan fingerprint density at radius 3 is 2.26 bits per heavy atom. The van der Waals surface area contributed by atoms with Gasteiger partial charge in [0.15, 0.2) is 0 Å². The lowest BCUT2D eigenvalue weighted by Crippen LogP contribution is -2.52. The smallest absolute Gasteiger partial charge is 0.257 e. The second kappa shape index (κ2) is 8.93. The summed E-state index contributed by atoms with van der Waals surface area (Å²) in [5.74, 6) is -1.23. The van der Waals surface area contributed by atoms with Crippen LogP contribution in [0.3, 0.4) is 0 Å². The number of benzene rings is 2. The van der Waals surface area contributed by atoms with E-state index in [0.29, 0.717) is 12.0 Å². The molecule has 8 nitrogen and oxygen atoms in total. The number of hydrogen-bond donors (Lipinski definition) is 5. The lowest BCUT2D eigenvalue weighted by Gasteiger charge is -2.12. The number of nitrogens with one attached hydrogen (secondary N) is 5. The van der Waals surface area contributed by atoms with Crippen LogP contribution in [-0.4, -0.2) is 30.3 Å². The van der Waals surface area contributed by atoms with Gasteiger partial charge in [-0.1, -0.05) is 48.5 Å². The normalized spacial score (nSPS) is 18.5. The molecule has 2 aromatic rings. The lowest BCUT2D eigenvalue weighted by molar-refractivity contribution is -0.129. The third-order valence-corrected chi connectivity index (χ3v) is 4.19. The second-order valence-electron chi connectivity index (χ2n) is 6.13. The number of amides is 3. The molecule has 0 saturated carbocycles. The Morgan fingerprint density at radius 1 is 0.889 bits per heavy atom. The standard InChI is InChI=1S/C19H21N5O3/c25-17(12-20-18(26)14-9-5-2-6-10-14)23-24-19(27)16-11-15(21-22-16)13-7-3-1-4-8-13/h1-10,15-16,21-22H,11-12H2,(H,20,26)(H,23,25)(H,24,27). The molecule has 27 heavy (non-hydrogen) atoms. The molecule has 5 N–H and O–H groups in total. The van der Waals surface area contributed by atoms with Crippen LogP contribution in [0.2, 0.25) is 0 Å². The molecular weight excluding hydrogens is 346 g/mol. The van der Waals surface area contributed by atoms with Crippen LogP contribution in [-0.2, 0) is 9.59 Å². The van der Waals surface area contributed by atoms with Crippen molar-refractivity contribution in [1.82, 2.24) is 27.0 Å². The molecular formula is C19H21N5O3. The Balaban J connectivity index is 1.39. The van der Waals surface area contributed by atoms with E-state index >= 15 is 0 Å². The van der Waals surface area contributed by atoms with Gasteiger partial charge in [-0.25, -0.2) is 10.9 Å². The van der Waals surface area contributed by atoms with E-state index in [1.807, 2.05) is 30.3 Å². The largest absolute Gasteiger partial charge is 0.343 e. The molecule has 0 radical (unpaired) electrons. The molecule has 2 unspecified atom stereocenters. The van der Waals surface area contributed by atoms with Gasteiger partial charge in [-0.2, -0.15) is 0 Å². The van der Waals surface area contributed by atoms with Crippen molar-refractivity contribution >= 4 is 17.7 Å². The van der Waals surface area contributed by atoms with Gasteiger partial charge in [0.2, 0.25) is 0 Å². The fourth-order valence-electron chi connectivity index (χ4n) is 2.75. The van der Waals surface area contributed by atoms with Crippen LogP contribution in [0.15, 0.2) is 60.7 Å². The molecule has 1 aliphatic heterocycles. The molecule has 0 aliphatic carbocycles. The first-order chi connectivity index (χ1) is 13.1. The van der Waals surface area contributed by atoms with Gasteiger partial charge in [0.05, 0.1) is 6.54 Å². The SMILES string of the molecule is O=C(CNC(=O)c1ccccc1)NNC(=O)C1CC(c2ccccc2)NN1. The van der Waals surface area contributed by atoms with E-state index in [0.717, 1.165) is 5.56 Å². The Labute approximate surface area is 156 Å². The molecule has 3 amide bonds. The molecule has 140 valence electrons. The number of hydrazine groups is 2. The van der Waals surface area contributed by atoms with Crippen molar-refractivity contribution in [3.8, 4) is 0 Å². The van der Waals surface area contributed by atoms with Crippen molar-refractivity contribution in [1.29, 1.82) is 0 Å². The minimum atomic E-state index is -0.516. The Bertz CT molecular complexity index is 798. The fraction of sp³-hybridized carbons (Fsp3) is 0.211. The van der Waals surface area contributed by atoms with E-state index in [1.165, 1.54) is 0 Å². The predicted octanol–water partition coefficient (Wildman–Crippen LogP) is 0.172. The Kier molecular flexibility index (Phi) is 6.14. The maximum Gasteiger partial charge on any atom is 0.257 e. The zero-order valence-electron chi connectivity index (χ0n) is 14.6. The number of carbonyl (C=O) groups is 3. The minimum Gasteiger partial charge on any atom is -0.343 e. The van der Waals surface area contributed by atoms with E-state index in [9.17, 15) is 14.4 Å². The number of carbonyl (C=O) groups excluding carboxylic acids is 3. The molecule has 1 fully saturated rings. The van der Waals surface area contributed by atoms with Crippen LogP contribution < -0.4 is 27.0 Å². The fourth-order valence-corrected chi connectivity index (χ4v) is 2.75. The van der Waals surface area contributed by atoms with Gasteiger partial charge in [0.25, 0.3) is 17.7 Å². The van der Waals surface area contributed by atoms with Crippen LogP contribution >= 0.6 is 0 Å². The first kappa shape index (κ1) is 18.6. The van der Waals surface area contributed by atoms with Crippen LogP contribution in [0.1, 0.15) is 28.4 Å². The molecule has 1 aliphatic rings. The van der Waals surface area contributed by atoms with Crippen molar-refractivity contribution in [3.05, 3.63) is 71.8 Å². The van der Waals surface area contributed by atoms with Crippen molar-refractivity contribution in [2.24, 2.45) is 0 Å². The van der Waals surface area contributed by atoms with Crippen molar-refractivity contribution in [2.45, 2.75) is 18.5 Å². The highest BCUT2D eigenvalue weighted by molar-refractivity contribution is 5.96. The summed E-state index contributed by atoms with van der Waals surface area (Å²) in [7, 11) is 0. The highest BCUT2D eigenvalue weighted by Gasteiger charge is 2.30. The average Bonchev–Trinajstić information content (AvgIpc) is 3.22. The molecule has 2 aromatic carbocycles. The van der Waals surface area contributed by atoms with Crippen LogP contribution in [0, 0.1) is 0 Å². The van der Waals surface area contributed by atoms with E-state index in [4.69, 9.17) is 0 Å². The summed E-state index contributed by atoms with van der Waals surface area (Å²) in [6, 6.07) is 17.9. The van der Waals surface area contributed by atoms with E-state index in [2.05, 4.69) is 27.0 Å². The summed E-state index contributed by atoms with van der Waals surface area (Å²) in [5, 5.41) is 2.49. The van der Waals surface area contributed by atoms with Crippen LogP contribution in [0.4, 0.5) is 0 Å². The average molecular weight is 367 g/mol. The first-order valence-electron chi connectivity index (χ1n) is 8.61. The molecule has 3 rings (SSSR count). The summed E-state index contributed by atoms with van der Waals surface area (Å²) in [4.78, 5) is 35.8. The highest BCUT2D eigenvalue weighted by atomic mass is 16.2. The zero-order chi connectivity index (χ0) is 19.1. The van der Waals surface area contributed by atoms with Crippen molar-refractivity contribution < 1.29 is 14.4 Å². The zero-order valence-corrected chi connectivity index (χ0v) is 14.6. The number of rotatable bonds is 5. The first-order valence-corrected chi connectivity index (χ1v) is 8.61. The maximum absolute atomic E-state index is 12.2. The molecule has 0 spiro atoms. The van der Waals surface area contributed by atoms with Gasteiger partial charge in [-0.3, -0.25) is 25.2 Å². The lowest BCUT2D eigenvalue weighted by atomic mass is 10.0. The van der Waals surface area contributed by atoms with Crippen LogP contribution in [0.25, 0.3) is 0 Å². The quantitative estimate of drug-likeness (QED) is 0.484. The molecule has 0 bridgehead atoms. The second-order valence-corrected chi connectivity index (χ2v) is 6.13. The van der Waals surface area contributed by atoms with E-state index in [-0.39, 0.29) is 24.4 Å². The van der Waals surface area contributed by atoms with Crippen molar-refractivity contribution in [2.75, 3.05) is 6.54 Å². The highest BCUT2D eigenvalue weighted by Crippen LogP contribution is 2.21. The Hall–Kier alpha value is -3.23. The van der Waals surface area contributed by atoms with Gasteiger partial charge in [0.1, 0.15) is 6.04 Å². The number of hydrogen-bond acceptors (Lipinski definition) is 5. The summed E-state index contributed by atoms with van der Waals surface area (Å²) >= 11 is 0. The third kappa shape index (κ3) is 5.13. The summed E-state index contributed by atoms with van der Waals surface area (Å²) in [6.45, 7) is -0.239. The Morgan fingerprint density at radius 2 is 1.56 bits per heavy atom. The molecule has 1 saturated heterocycles. The summed E-state index contributed by atoms with van der Waals surface area (Å²) in [5.41, 5.74) is 12.2. The van der Waals surface area contributed by atoms with Gasteiger partial charge < -0.3 is 5.32 Å². The molecule has 0 aromatic heterocycles. The topological polar surface area (TPSA) is 111 Å². The minimum absolute atomic E-state index is 0.0165. The third-order valence-electron chi connectivity index (χ3n) is 4.19. The molecule has 8 heteroatoms. The van der Waals surface area contributed by atoms with Gasteiger partial charge in [0, 0.05) is 11.6 Å². The van der Waals surface area contributed by atoms with Crippen LogP contribution in [0.5, 0.6) is 0 Å². The summed E-state index contributed by atoms with van der Waals surface area (Å²) < 4.78 is 0. The predicted molar refractivity (Wildman–Crippen MR) is 98.9 cm³/mol. The van der Waals surface area contributed by atoms with Gasteiger partial charge in [-0.05, 0) is 24.1 Å². The van der Waals surface area contributed by atoms with E-state index in [1.54, 1.807) is 30.3 Å².